The number of ether oxygens (including phenoxy) is 5. The molecule has 0 aromatic carbocycles. The first kappa shape index (κ1) is 46.0. The van der Waals surface area contributed by atoms with Gasteiger partial charge >= 0.3 is 12.1 Å². The molecule has 328 valence electrons. The van der Waals surface area contributed by atoms with Crippen molar-refractivity contribution in [3.63, 3.8) is 0 Å². The Morgan fingerprint density at radius 1 is 1.07 bits per heavy atom. The number of amides is 2. The number of pyridine rings is 1. The smallest absolute Gasteiger partial charge is 0.425 e. The molecule has 18 nitrogen and oxygen atoms in total. The van der Waals surface area contributed by atoms with E-state index >= 15 is 0 Å². The average molecular weight is 830 g/mol. The Morgan fingerprint density at radius 3 is 2.41 bits per heavy atom. The fraction of sp³-hybridized carbons (Fsp3) is 0.732. The molecule has 5 rings (SSSR count). The van der Waals surface area contributed by atoms with Gasteiger partial charge in [0.05, 0.1) is 23.7 Å². The van der Waals surface area contributed by atoms with Crippen LogP contribution >= 0.6 is 0 Å². The predicted molar refractivity (Wildman–Crippen MR) is 212 cm³/mol. The lowest BCUT2D eigenvalue weighted by Crippen LogP contribution is -2.61. The van der Waals surface area contributed by atoms with Gasteiger partial charge in [0, 0.05) is 56.0 Å². The van der Waals surface area contributed by atoms with Crippen LogP contribution in [0, 0.1) is 17.8 Å². The molecule has 1 unspecified atom stereocenters. The van der Waals surface area contributed by atoms with Crippen LogP contribution in [0.3, 0.4) is 0 Å². The van der Waals surface area contributed by atoms with E-state index in [4.69, 9.17) is 28.2 Å². The van der Waals surface area contributed by atoms with Crippen LogP contribution in [0.5, 0.6) is 0 Å². The van der Waals surface area contributed by atoms with Gasteiger partial charge in [0.1, 0.15) is 24.2 Å². The van der Waals surface area contributed by atoms with Crippen molar-refractivity contribution in [2.24, 2.45) is 17.8 Å². The molecule has 3 aliphatic heterocycles. The number of carbonyl (C=O) groups excluding carboxylic acids is 4. The highest BCUT2D eigenvalue weighted by Crippen LogP contribution is 2.40. The zero-order valence-corrected chi connectivity index (χ0v) is 36.2. The molecule has 13 atom stereocenters. The molecule has 2 amide bonds. The highest BCUT2D eigenvalue weighted by molar-refractivity contribution is 6.00. The number of aliphatic hydroxyl groups is 1. The van der Waals surface area contributed by atoms with Gasteiger partial charge in [0.2, 0.25) is 17.6 Å². The standard InChI is InChI=1S/C41H63N7O11/c1-12-29-41(8)33(48(39(53)58-41)43-17-13-14-30-45-35(46-59-30)27-15-18-42-19-16-27)26(6)36(51)44-22(2)21-40(7,54-11)34(24(4)31(49)25(5)37(52)56-29)57-38-32(50)28(47(9)10)20-23(3)55-38/h15-16,18-19,22-26,28-29,32-34,38,43,50H,12-14,17,20-21H2,1-11H3,(H,44,51)/t22-,23-,24+,25-,26?,28+,29-,32-,33-,34-,38+,40+,41-/m1/s1. The van der Waals surface area contributed by atoms with Crippen LogP contribution in [0.2, 0.25) is 0 Å². The van der Waals surface area contributed by atoms with Crippen molar-refractivity contribution in [2.45, 2.75) is 148 Å². The first-order valence-corrected chi connectivity index (χ1v) is 20.6. The van der Waals surface area contributed by atoms with Crippen LogP contribution in [0.4, 0.5) is 4.79 Å². The number of cyclic esters (lactones) is 1. The van der Waals surface area contributed by atoms with E-state index in [9.17, 15) is 24.3 Å². The number of methoxy groups -OCH3 is 1. The van der Waals surface area contributed by atoms with E-state index in [0.717, 1.165) is 5.56 Å². The predicted octanol–water partition coefficient (Wildman–Crippen LogP) is 3.07. The van der Waals surface area contributed by atoms with E-state index in [1.165, 1.54) is 19.0 Å². The Bertz CT molecular complexity index is 1770. The molecule has 3 saturated heterocycles. The van der Waals surface area contributed by atoms with Gasteiger partial charge in [-0.1, -0.05) is 25.9 Å². The van der Waals surface area contributed by atoms with Crippen molar-refractivity contribution in [3.8, 4) is 11.4 Å². The monoisotopic (exact) mass is 829 g/mol. The second kappa shape index (κ2) is 19.1. The minimum absolute atomic E-state index is 0.161. The Balaban J connectivity index is 1.41. The molecular formula is C41H63N7O11. The van der Waals surface area contributed by atoms with Gasteiger partial charge in [-0.05, 0) is 86.5 Å². The molecule has 3 N–H and O–H groups in total. The van der Waals surface area contributed by atoms with Crippen LogP contribution in [0.15, 0.2) is 29.0 Å². The van der Waals surface area contributed by atoms with Gasteiger partial charge in [-0.25, -0.2) is 15.2 Å². The zero-order chi connectivity index (χ0) is 43.4. The fourth-order valence-corrected chi connectivity index (χ4v) is 8.81. The molecule has 18 heteroatoms. The number of Topliss-reactive ketones (excluding diaryl/α,β-unsaturated/α-hetero) is 1. The first-order chi connectivity index (χ1) is 27.8. The number of aryl methyl sites for hydroxylation is 1. The summed E-state index contributed by atoms with van der Waals surface area (Å²) in [6, 6.07) is 1.76. The summed E-state index contributed by atoms with van der Waals surface area (Å²) in [6.45, 7) is 14.0. The van der Waals surface area contributed by atoms with E-state index in [0.29, 0.717) is 31.0 Å². The number of nitrogens with zero attached hydrogens (tertiary/aromatic N) is 5. The SMILES string of the molecule is CC[C@H]1OC(=O)[C@H](C)C(=O)[C@H](C)[C@@H](O[C@@H]2O[C@H](C)C[C@H](N(C)C)[C@H]2O)[C@@](C)(OC)C[C@@H](C)NC(=O)C(C)[C@H]2N(NCCCc3nc(-c4ccncc4)no3)C(=O)O[C@]12C. The maximum Gasteiger partial charge on any atom is 0.425 e. The molecule has 0 spiro atoms. The number of rotatable bonds is 11. The Labute approximate surface area is 346 Å². The summed E-state index contributed by atoms with van der Waals surface area (Å²) in [5, 5.41) is 19.8. The second-order valence-electron chi connectivity index (χ2n) is 16.9. The molecule has 59 heavy (non-hydrogen) atoms. The molecular weight excluding hydrogens is 766 g/mol. The van der Waals surface area contributed by atoms with Crippen LogP contribution < -0.4 is 10.7 Å². The fourth-order valence-electron chi connectivity index (χ4n) is 8.81. The van der Waals surface area contributed by atoms with Crippen LogP contribution in [0.1, 0.15) is 87.0 Å². The van der Waals surface area contributed by atoms with E-state index in [1.54, 1.807) is 59.1 Å². The summed E-state index contributed by atoms with van der Waals surface area (Å²) >= 11 is 0. The van der Waals surface area contributed by atoms with Gasteiger partial charge in [-0.15, -0.1) is 0 Å². The maximum absolute atomic E-state index is 14.3. The molecule has 3 fully saturated rings. The number of nitrogens with one attached hydrogen (secondary N) is 2. The van der Waals surface area contributed by atoms with Crippen molar-refractivity contribution in [2.75, 3.05) is 27.7 Å². The van der Waals surface area contributed by atoms with Gasteiger partial charge in [0.15, 0.2) is 17.7 Å². The summed E-state index contributed by atoms with van der Waals surface area (Å²) in [5.41, 5.74) is 1.15. The minimum Gasteiger partial charge on any atom is -0.458 e. The van der Waals surface area contributed by atoms with Gasteiger partial charge in [-0.2, -0.15) is 4.98 Å². The number of esters is 1. The molecule has 5 heterocycles. The highest BCUT2D eigenvalue weighted by Gasteiger charge is 2.60. The molecule has 2 aromatic rings. The molecule has 0 saturated carbocycles. The lowest BCUT2D eigenvalue weighted by Gasteiger charge is -2.46. The van der Waals surface area contributed by atoms with E-state index in [1.807, 2.05) is 32.8 Å². The number of hydrazine groups is 1. The Morgan fingerprint density at radius 2 is 1.76 bits per heavy atom. The zero-order valence-electron chi connectivity index (χ0n) is 36.2. The number of aliphatic hydroxyl groups excluding tert-OH is 1. The Hall–Kier alpha value is -4.07. The Kier molecular flexibility index (Phi) is 14.9. The number of aromatic nitrogens is 3. The number of likely N-dealkylation sites (N-methyl/N-ethyl adjacent to an activating group) is 1. The van der Waals surface area contributed by atoms with Crippen molar-refractivity contribution in [1.82, 2.24) is 35.8 Å². The molecule has 2 aromatic heterocycles. The van der Waals surface area contributed by atoms with Gasteiger partial charge in [0.25, 0.3) is 0 Å². The topological polar surface area (TPSA) is 217 Å². The number of hydrogen-bond donors (Lipinski definition) is 3. The molecule has 0 radical (unpaired) electrons. The van der Waals surface area contributed by atoms with Gasteiger partial charge < -0.3 is 43.5 Å². The summed E-state index contributed by atoms with van der Waals surface area (Å²) in [6.07, 6.45) is -0.208. The number of ketones is 1. The maximum atomic E-state index is 14.3. The molecule has 3 aliphatic rings. The lowest BCUT2D eigenvalue weighted by molar-refractivity contribution is -0.295. The van der Waals surface area contributed by atoms with E-state index in [-0.39, 0.29) is 31.5 Å². The van der Waals surface area contributed by atoms with Crippen molar-refractivity contribution < 1.29 is 52.5 Å². The van der Waals surface area contributed by atoms with E-state index in [2.05, 4.69) is 25.9 Å². The largest absolute Gasteiger partial charge is 0.458 e. The van der Waals surface area contributed by atoms with Gasteiger partial charge in [-0.3, -0.25) is 19.4 Å². The second-order valence-corrected chi connectivity index (χ2v) is 16.9. The normalized spacial score (nSPS) is 36.4. The summed E-state index contributed by atoms with van der Waals surface area (Å²) in [7, 11) is 5.22. The number of hydrogen-bond acceptors (Lipinski definition) is 16. The van der Waals surface area contributed by atoms with Crippen molar-refractivity contribution in [3.05, 3.63) is 30.4 Å². The molecule has 0 aliphatic carbocycles. The van der Waals surface area contributed by atoms with Crippen LogP contribution in [-0.4, -0.2) is 142 Å². The van der Waals surface area contributed by atoms with Crippen molar-refractivity contribution >= 4 is 23.8 Å². The number of fused-ring (bicyclic) bond motifs is 1. The third kappa shape index (κ3) is 9.94. The third-order valence-corrected chi connectivity index (χ3v) is 12.2. The summed E-state index contributed by atoms with van der Waals surface area (Å²) < 4.78 is 36.4. The lowest BCUT2D eigenvalue weighted by atomic mass is 9.79. The third-order valence-electron chi connectivity index (χ3n) is 12.2. The van der Waals surface area contributed by atoms with Crippen LogP contribution in [0.25, 0.3) is 11.4 Å². The van der Waals surface area contributed by atoms with Crippen molar-refractivity contribution in [1.29, 1.82) is 0 Å². The van der Waals surface area contributed by atoms with Crippen LogP contribution in [-0.2, 0) is 44.5 Å². The highest BCUT2D eigenvalue weighted by atomic mass is 16.7. The number of carbonyl (C=O) groups is 4. The molecule has 0 bridgehead atoms. The summed E-state index contributed by atoms with van der Waals surface area (Å²) in [5.74, 6) is -4.00. The minimum atomic E-state index is -1.52. The quantitative estimate of drug-likeness (QED) is 0.169. The summed E-state index contributed by atoms with van der Waals surface area (Å²) in [4.78, 5) is 66.7. The average Bonchev–Trinajstić information content (AvgIpc) is 3.78. The first-order valence-electron chi connectivity index (χ1n) is 20.6. The van der Waals surface area contributed by atoms with E-state index < -0.39 is 89.4 Å².